The zero-order valence-electron chi connectivity index (χ0n) is 15.4. The molecular formula is C20H25N5O. The van der Waals surface area contributed by atoms with Crippen LogP contribution >= 0.6 is 0 Å². The van der Waals surface area contributed by atoms with Crippen molar-refractivity contribution in [3.63, 3.8) is 0 Å². The number of nitrogens with one attached hydrogen (secondary N) is 1. The van der Waals surface area contributed by atoms with Gasteiger partial charge in [-0.3, -0.25) is 4.79 Å². The summed E-state index contributed by atoms with van der Waals surface area (Å²) in [5, 5.41) is 3.00. The molecule has 4 rings (SSSR count). The molecule has 0 aliphatic carbocycles. The lowest BCUT2D eigenvalue weighted by Gasteiger charge is -2.28. The predicted octanol–water partition coefficient (Wildman–Crippen LogP) is 3.01. The molecule has 1 saturated heterocycles. The zero-order chi connectivity index (χ0) is 18.1. The van der Waals surface area contributed by atoms with Gasteiger partial charge in [0.05, 0.1) is 0 Å². The largest absolute Gasteiger partial charge is 0.378 e. The molecule has 26 heavy (non-hydrogen) atoms. The number of rotatable bonds is 3. The van der Waals surface area contributed by atoms with Crippen LogP contribution < -0.4 is 15.1 Å². The molecule has 1 aromatic heterocycles. The fourth-order valence-electron chi connectivity index (χ4n) is 3.80. The van der Waals surface area contributed by atoms with Gasteiger partial charge >= 0.3 is 0 Å². The van der Waals surface area contributed by atoms with E-state index < -0.39 is 0 Å². The van der Waals surface area contributed by atoms with E-state index in [0.29, 0.717) is 6.42 Å². The molecular weight excluding hydrogens is 326 g/mol. The van der Waals surface area contributed by atoms with Gasteiger partial charge in [0.25, 0.3) is 0 Å². The Labute approximate surface area is 154 Å². The average Bonchev–Trinajstić information content (AvgIpc) is 2.67. The van der Waals surface area contributed by atoms with Crippen LogP contribution in [-0.2, 0) is 4.79 Å². The fraction of sp³-hybridized carbons (Fsp3) is 0.450. The molecule has 1 unspecified atom stereocenters. The SMILES string of the molecule is CN(C)c1ccc2c(c1)NC(=O)CC2c1cnc(N2CCCCC2)nc1. The van der Waals surface area contributed by atoms with E-state index in [0.717, 1.165) is 41.5 Å². The van der Waals surface area contributed by atoms with Crippen LogP contribution in [0.2, 0.25) is 0 Å². The number of aromatic nitrogens is 2. The molecule has 1 fully saturated rings. The Bertz CT molecular complexity index is 796. The topological polar surface area (TPSA) is 61.4 Å². The van der Waals surface area contributed by atoms with Gasteiger partial charge in [-0.15, -0.1) is 0 Å². The number of amides is 1. The molecule has 136 valence electrons. The summed E-state index contributed by atoms with van der Waals surface area (Å²) < 4.78 is 0. The molecule has 2 aliphatic heterocycles. The molecule has 1 aromatic carbocycles. The Hall–Kier alpha value is -2.63. The fourth-order valence-corrected chi connectivity index (χ4v) is 3.80. The van der Waals surface area contributed by atoms with Gasteiger partial charge in [-0.2, -0.15) is 0 Å². The van der Waals surface area contributed by atoms with E-state index in [4.69, 9.17) is 0 Å². The van der Waals surface area contributed by atoms with Gasteiger partial charge in [0.2, 0.25) is 11.9 Å². The zero-order valence-corrected chi connectivity index (χ0v) is 15.4. The second-order valence-corrected chi connectivity index (χ2v) is 7.33. The van der Waals surface area contributed by atoms with Crippen molar-refractivity contribution in [3.05, 3.63) is 41.7 Å². The van der Waals surface area contributed by atoms with Gasteiger partial charge in [0.1, 0.15) is 0 Å². The highest BCUT2D eigenvalue weighted by Gasteiger charge is 2.27. The van der Waals surface area contributed by atoms with E-state index in [1.165, 1.54) is 19.3 Å². The Kier molecular flexibility index (Phi) is 4.49. The van der Waals surface area contributed by atoms with Crippen molar-refractivity contribution < 1.29 is 4.79 Å². The van der Waals surface area contributed by atoms with Gasteiger partial charge in [-0.25, -0.2) is 9.97 Å². The third-order valence-corrected chi connectivity index (χ3v) is 5.29. The number of anilines is 3. The summed E-state index contributed by atoms with van der Waals surface area (Å²) in [7, 11) is 3.99. The number of benzene rings is 1. The predicted molar refractivity (Wildman–Crippen MR) is 104 cm³/mol. The van der Waals surface area contributed by atoms with Crippen LogP contribution in [0.4, 0.5) is 17.3 Å². The lowest BCUT2D eigenvalue weighted by atomic mass is 9.86. The number of nitrogens with zero attached hydrogens (tertiary/aromatic N) is 4. The van der Waals surface area contributed by atoms with Gasteiger partial charge in [-0.1, -0.05) is 6.07 Å². The highest BCUT2D eigenvalue weighted by Crippen LogP contribution is 2.38. The Morgan fingerprint density at radius 1 is 1.12 bits per heavy atom. The summed E-state index contributed by atoms with van der Waals surface area (Å²) in [6, 6.07) is 6.22. The normalized spacial score (nSPS) is 19.7. The van der Waals surface area contributed by atoms with Gasteiger partial charge in [-0.05, 0) is 42.5 Å². The maximum atomic E-state index is 12.2. The molecule has 6 nitrogen and oxygen atoms in total. The molecule has 3 heterocycles. The summed E-state index contributed by atoms with van der Waals surface area (Å²) in [5.41, 5.74) is 4.09. The third-order valence-electron chi connectivity index (χ3n) is 5.29. The Morgan fingerprint density at radius 3 is 2.54 bits per heavy atom. The summed E-state index contributed by atoms with van der Waals surface area (Å²) in [4.78, 5) is 25.7. The number of carbonyl (C=O) groups excluding carboxylic acids is 1. The molecule has 0 spiro atoms. The third kappa shape index (κ3) is 3.23. The Balaban J connectivity index is 1.62. The first-order valence-corrected chi connectivity index (χ1v) is 9.30. The van der Waals surface area contributed by atoms with E-state index in [-0.39, 0.29) is 11.8 Å². The number of piperidine rings is 1. The average molecular weight is 351 g/mol. The van der Waals surface area contributed by atoms with Crippen LogP contribution in [0.1, 0.15) is 42.7 Å². The molecule has 6 heteroatoms. The van der Waals surface area contributed by atoms with Crippen LogP contribution in [0.5, 0.6) is 0 Å². The summed E-state index contributed by atoms with van der Waals surface area (Å²) in [6.07, 6.45) is 7.91. The first-order valence-electron chi connectivity index (χ1n) is 9.30. The van der Waals surface area contributed by atoms with Crippen LogP contribution in [0.15, 0.2) is 30.6 Å². The lowest BCUT2D eigenvalue weighted by Crippen LogP contribution is -2.31. The lowest BCUT2D eigenvalue weighted by molar-refractivity contribution is -0.116. The standard InChI is InChI=1S/C20H25N5O/c1-24(2)15-6-7-16-17(11-19(26)23-18(16)10-15)14-12-21-20(22-13-14)25-8-4-3-5-9-25/h6-7,10,12-13,17H,3-5,8-9,11H2,1-2H3,(H,23,26). The Morgan fingerprint density at radius 2 is 1.85 bits per heavy atom. The van der Waals surface area contributed by atoms with Crippen LogP contribution in [0.3, 0.4) is 0 Å². The second-order valence-electron chi connectivity index (χ2n) is 7.33. The van der Waals surface area contributed by atoms with E-state index in [1.54, 1.807) is 0 Å². The molecule has 0 bridgehead atoms. The summed E-state index contributed by atoms with van der Waals surface area (Å²) in [5.74, 6) is 0.848. The van der Waals surface area contributed by atoms with Crippen LogP contribution in [0, 0.1) is 0 Å². The first kappa shape index (κ1) is 16.8. The minimum absolute atomic E-state index is 0.00497. The highest BCUT2D eigenvalue weighted by molar-refractivity contribution is 5.96. The van der Waals surface area contributed by atoms with E-state index >= 15 is 0 Å². The van der Waals surface area contributed by atoms with E-state index in [1.807, 2.05) is 37.5 Å². The summed E-state index contributed by atoms with van der Waals surface area (Å²) >= 11 is 0. The smallest absolute Gasteiger partial charge is 0.225 e. The number of hydrogen-bond donors (Lipinski definition) is 1. The van der Waals surface area contributed by atoms with E-state index in [2.05, 4.69) is 32.3 Å². The van der Waals surface area contributed by atoms with Crippen molar-refractivity contribution in [1.82, 2.24) is 9.97 Å². The van der Waals surface area contributed by atoms with Crippen molar-refractivity contribution in [2.75, 3.05) is 42.3 Å². The maximum Gasteiger partial charge on any atom is 0.225 e. The number of carbonyl (C=O) groups is 1. The van der Waals surface area contributed by atoms with Crippen molar-refractivity contribution in [3.8, 4) is 0 Å². The summed E-state index contributed by atoms with van der Waals surface area (Å²) in [6.45, 7) is 2.06. The molecule has 0 saturated carbocycles. The van der Waals surface area contributed by atoms with Gasteiger partial charge in [0, 0.05) is 63.3 Å². The van der Waals surface area contributed by atoms with Crippen molar-refractivity contribution in [1.29, 1.82) is 0 Å². The number of fused-ring (bicyclic) bond motifs is 1. The van der Waals surface area contributed by atoms with Crippen LogP contribution in [0.25, 0.3) is 0 Å². The molecule has 2 aromatic rings. The van der Waals surface area contributed by atoms with Gasteiger partial charge in [0.15, 0.2) is 0 Å². The van der Waals surface area contributed by atoms with Crippen molar-refractivity contribution >= 4 is 23.2 Å². The van der Waals surface area contributed by atoms with E-state index in [9.17, 15) is 4.79 Å². The van der Waals surface area contributed by atoms with Crippen LogP contribution in [-0.4, -0.2) is 43.1 Å². The molecule has 0 radical (unpaired) electrons. The minimum Gasteiger partial charge on any atom is -0.378 e. The minimum atomic E-state index is 0.00497. The molecule has 2 aliphatic rings. The molecule has 1 N–H and O–H groups in total. The highest BCUT2D eigenvalue weighted by atomic mass is 16.1. The van der Waals surface area contributed by atoms with Crippen molar-refractivity contribution in [2.24, 2.45) is 0 Å². The quantitative estimate of drug-likeness (QED) is 0.921. The number of hydrogen-bond acceptors (Lipinski definition) is 5. The monoisotopic (exact) mass is 351 g/mol. The second kappa shape index (κ2) is 6.94. The molecule has 1 amide bonds. The molecule has 1 atom stereocenters. The van der Waals surface area contributed by atoms with Crippen molar-refractivity contribution in [2.45, 2.75) is 31.6 Å². The maximum absolute atomic E-state index is 12.2. The van der Waals surface area contributed by atoms with Gasteiger partial charge < -0.3 is 15.1 Å². The first-order chi connectivity index (χ1) is 12.6.